The van der Waals surface area contributed by atoms with E-state index in [4.69, 9.17) is 0 Å². The highest BCUT2D eigenvalue weighted by atomic mass is 19.1. The van der Waals surface area contributed by atoms with Crippen LogP contribution in [0, 0.1) is 5.41 Å². The molecule has 0 N–H and O–H groups in total. The van der Waals surface area contributed by atoms with Gasteiger partial charge >= 0.3 is 0 Å². The van der Waals surface area contributed by atoms with Crippen LogP contribution in [0.5, 0.6) is 0 Å². The van der Waals surface area contributed by atoms with Crippen LogP contribution < -0.4 is 0 Å². The molecule has 0 aromatic heterocycles. The highest BCUT2D eigenvalue weighted by molar-refractivity contribution is 4.67. The van der Waals surface area contributed by atoms with Crippen molar-refractivity contribution in [2.45, 2.75) is 46.5 Å². The van der Waals surface area contributed by atoms with Crippen molar-refractivity contribution in [2.24, 2.45) is 5.41 Å². The van der Waals surface area contributed by atoms with Gasteiger partial charge in [-0.25, -0.2) is 0 Å². The molecule has 0 amide bonds. The fourth-order valence-corrected chi connectivity index (χ4v) is 1.04. The summed E-state index contributed by atoms with van der Waals surface area (Å²) in [6.45, 7) is 6.28. The maximum Gasteiger partial charge on any atom is 0.0899 e. The van der Waals surface area contributed by atoms with Crippen LogP contribution in [0.3, 0.4) is 0 Å². The molecular weight excluding hydrogens is 127 g/mol. The van der Waals surface area contributed by atoms with Gasteiger partial charge in [-0.2, -0.15) is 0 Å². The van der Waals surface area contributed by atoms with Crippen molar-refractivity contribution < 1.29 is 4.39 Å². The van der Waals surface area contributed by atoms with E-state index in [0.29, 0.717) is 6.42 Å². The minimum absolute atomic E-state index is 0.170. The lowest BCUT2D eigenvalue weighted by Gasteiger charge is -2.22. The molecule has 0 rings (SSSR count). The first-order valence-electron chi connectivity index (χ1n) is 4.18. The molecule has 0 atom stereocenters. The molecule has 62 valence electrons. The molecule has 0 saturated carbocycles. The summed E-state index contributed by atoms with van der Waals surface area (Å²) in [5.74, 6) is 0. The van der Waals surface area contributed by atoms with E-state index in [-0.39, 0.29) is 12.1 Å². The molecule has 0 unspecified atom stereocenters. The summed E-state index contributed by atoms with van der Waals surface area (Å²) in [6, 6.07) is 0. The van der Waals surface area contributed by atoms with Gasteiger partial charge < -0.3 is 0 Å². The standard InChI is InChI=1S/C9H19F/c1-4-5-6-9(2,3)7-8-10/h4-8H2,1-3H3. The molecule has 10 heavy (non-hydrogen) atoms. The maximum atomic E-state index is 11.9. The first kappa shape index (κ1) is 9.93. The molecular formula is C9H19F. The Morgan fingerprint density at radius 3 is 2.20 bits per heavy atom. The third kappa shape index (κ3) is 4.78. The minimum atomic E-state index is -0.170. The second kappa shape index (κ2) is 4.70. The fraction of sp³-hybridized carbons (Fsp3) is 1.00. The zero-order valence-electron chi connectivity index (χ0n) is 7.41. The highest BCUT2D eigenvalue weighted by Gasteiger charge is 2.15. The topological polar surface area (TPSA) is 0 Å². The molecule has 0 spiro atoms. The van der Waals surface area contributed by atoms with E-state index in [1.807, 2.05) is 0 Å². The highest BCUT2D eigenvalue weighted by Crippen LogP contribution is 2.26. The average Bonchev–Trinajstić information content (AvgIpc) is 1.84. The fourth-order valence-electron chi connectivity index (χ4n) is 1.04. The van der Waals surface area contributed by atoms with E-state index in [1.54, 1.807) is 0 Å². The van der Waals surface area contributed by atoms with Crippen molar-refractivity contribution in [3.63, 3.8) is 0 Å². The minimum Gasteiger partial charge on any atom is -0.251 e. The molecule has 0 radical (unpaired) electrons. The Kier molecular flexibility index (Phi) is 4.67. The Labute approximate surface area is 63.8 Å². The zero-order chi connectivity index (χ0) is 8.04. The summed E-state index contributed by atoms with van der Waals surface area (Å²) in [4.78, 5) is 0. The second-order valence-electron chi connectivity index (χ2n) is 3.71. The summed E-state index contributed by atoms with van der Waals surface area (Å²) >= 11 is 0. The third-order valence-corrected chi connectivity index (χ3v) is 1.98. The molecule has 0 bridgehead atoms. The molecule has 0 aromatic carbocycles. The van der Waals surface area contributed by atoms with Crippen LogP contribution in [-0.2, 0) is 0 Å². The monoisotopic (exact) mass is 146 g/mol. The molecule has 0 fully saturated rings. The first-order chi connectivity index (χ1) is 4.62. The van der Waals surface area contributed by atoms with Crippen LogP contribution in [0.4, 0.5) is 4.39 Å². The zero-order valence-corrected chi connectivity index (χ0v) is 7.41. The molecule has 1 heteroatoms. The summed E-state index contributed by atoms with van der Waals surface area (Å²) in [7, 11) is 0. The van der Waals surface area contributed by atoms with E-state index < -0.39 is 0 Å². The summed E-state index contributed by atoms with van der Waals surface area (Å²) in [5, 5.41) is 0. The Balaban J connectivity index is 3.42. The van der Waals surface area contributed by atoms with Gasteiger partial charge in [-0.05, 0) is 18.3 Å². The maximum absolute atomic E-state index is 11.9. The van der Waals surface area contributed by atoms with Crippen molar-refractivity contribution in [3.05, 3.63) is 0 Å². The van der Waals surface area contributed by atoms with Crippen LogP contribution in [0.25, 0.3) is 0 Å². The summed E-state index contributed by atoms with van der Waals surface area (Å²) < 4.78 is 11.9. The van der Waals surface area contributed by atoms with Crippen LogP contribution in [0.1, 0.15) is 46.5 Å². The van der Waals surface area contributed by atoms with E-state index in [9.17, 15) is 4.39 Å². The predicted octanol–water partition coefficient (Wildman–Crippen LogP) is 3.56. The molecule has 0 aromatic rings. The van der Waals surface area contributed by atoms with Crippen molar-refractivity contribution in [1.29, 1.82) is 0 Å². The largest absolute Gasteiger partial charge is 0.251 e. The van der Waals surface area contributed by atoms with Crippen molar-refractivity contribution in [1.82, 2.24) is 0 Å². The van der Waals surface area contributed by atoms with Gasteiger partial charge in [0.2, 0.25) is 0 Å². The molecule has 0 heterocycles. The van der Waals surface area contributed by atoms with E-state index in [0.717, 1.165) is 6.42 Å². The van der Waals surface area contributed by atoms with Crippen LogP contribution >= 0.6 is 0 Å². The number of alkyl halides is 1. The lowest BCUT2D eigenvalue weighted by molar-refractivity contribution is 0.262. The van der Waals surface area contributed by atoms with Crippen LogP contribution in [-0.4, -0.2) is 6.67 Å². The number of halogens is 1. The van der Waals surface area contributed by atoms with Crippen molar-refractivity contribution in [3.8, 4) is 0 Å². The average molecular weight is 146 g/mol. The molecule has 0 saturated heterocycles. The van der Waals surface area contributed by atoms with Gasteiger partial charge in [0, 0.05) is 0 Å². The summed E-state index contributed by atoms with van der Waals surface area (Å²) in [6.07, 6.45) is 4.32. The van der Waals surface area contributed by atoms with E-state index in [2.05, 4.69) is 20.8 Å². The van der Waals surface area contributed by atoms with Gasteiger partial charge in [0.1, 0.15) is 0 Å². The molecule has 0 aliphatic carbocycles. The third-order valence-electron chi connectivity index (χ3n) is 1.98. The number of hydrogen-bond acceptors (Lipinski definition) is 0. The molecule has 0 nitrogen and oxygen atoms in total. The second-order valence-corrected chi connectivity index (χ2v) is 3.71. The number of hydrogen-bond donors (Lipinski definition) is 0. The normalized spacial score (nSPS) is 12.0. The lowest BCUT2D eigenvalue weighted by atomic mass is 9.84. The van der Waals surface area contributed by atoms with Gasteiger partial charge in [-0.1, -0.05) is 33.6 Å². The molecule has 0 aliphatic rings. The Morgan fingerprint density at radius 1 is 1.20 bits per heavy atom. The number of unbranched alkanes of at least 4 members (excludes halogenated alkanes) is 1. The smallest absolute Gasteiger partial charge is 0.0899 e. The van der Waals surface area contributed by atoms with Gasteiger partial charge in [-0.15, -0.1) is 0 Å². The quantitative estimate of drug-likeness (QED) is 0.556. The molecule has 0 aliphatic heterocycles. The van der Waals surface area contributed by atoms with E-state index in [1.165, 1.54) is 12.8 Å². The Morgan fingerprint density at radius 2 is 1.80 bits per heavy atom. The van der Waals surface area contributed by atoms with Gasteiger partial charge in [0.05, 0.1) is 6.67 Å². The van der Waals surface area contributed by atoms with Crippen molar-refractivity contribution >= 4 is 0 Å². The van der Waals surface area contributed by atoms with Gasteiger partial charge in [-0.3, -0.25) is 4.39 Å². The first-order valence-corrected chi connectivity index (χ1v) is 4.18. The Hall–Kier alpha value is -0.0700. The van der Waals surface area contributed by atoms with Gasteiger partial charge in [0.25, 0.3) is 0 Å². The van der Waals surface area contributed by atoms with Crippen LogP contribution in [0.15, 0.2) is 0 Å². The van der Waals surface area contributed by atoms with Crippen molar-refractivity contribution in [2.75, 3.05) is 6.67 Å². The SMILES string of the molecule is CCCCC(C)(C)CCF. The lowest BCUT2D eigenvalue weighted by Crippen LogP contribution is -2.11. The van der Waals surface area contributed by atoms with Gasteiger partial charge in [0.15, 0.2) is 0 Å². The Bertz CT molecular complexity index is 76.8. The van der Waals surface area contributed by atoms with E-state index >= 15 is 0 Å². The van der Waals surface area contributed by atoms with Crippen LogP contribution in [0.2, 0.25) is 0 Å². The summed E-state index contributed by atoms with van der Waals surface area (Å²) in [5.41, 5.74) is 0.227. The number of rotatable bonds is 5. The predicted molar refractivity (Wildman–Crippen MR) is 43.9 cm³/mol.